The fourth-order valence-corrected chi connectivity index (χ4v) is 1.75. The van der Waals surface area contributed by atoms with Gasteiger partial charge in [-0.25, -0.2) is 9.59 Å². The van der Waals surface area contributed by atoms with Gasteiger partial charge < -0.3 is 20.4 Å². The third-order valence-electron chi connectivity index (χ3n) is 2.63. The lowest BCUT2D eigenvalue weighted by Gasteiger charge is -2.21. The molecule has 0 bridgehead atoms. The predicted octanol–water partition coefficient (Wildman–Crippen LogP) is 0.0159. The van der Waals surface area contributed by atoms with Crippen LogP contribution in [-0.2, 0) is 4.79 Å². The molecule has 1 aliphatic rings. The highest BCUT2D eigenvalue weighted by Gasteiger charge is 2.38. The Morgan fingerprint density at radius 1 is 1.50 bits per heavy atom. The van der Waals surface area contributed by atoms with Gasteiger partial charge in [0.15, 0.2) is 0 Å². The summed E-state index contributed by atoms with van der Waals surface area (Å²) in [5, 5.41) is 20.9. The third kappa shape index (κ3) is 3.10. The lowest BCUT2D eigenvalue weighted by atomic mass is 10.2. The number of urea groups is 1. The van der Waals surface area contributed by atoms with Crippen LogP contribution in [0.2, 0.25) is 0 Å². The topological polar surface area (TPSA) is 89.9 Å². The molecule has 6 heteroatoms. The highest BCUT2D eigenvalue weighted by Crippen LogP contribution is 2.17. The molecule has 1 fully saturated rings. The van der Waals surface area contributed by atoms with Crippen molar-refractivity contribution in [2.24, 2.45) is 0 Å². The molecule has 1 heterocycles. The summed E-state index contributed by atoms with van der Waals surface area (Å²) in [5.41, 5.74) is 0. The van der Waals surface area contributed by atoms with Crippen molar-refractivity contribution >= 4 is 12.0 Å². The number of nitrogens with one attached hydrogen (secondary N) is 1. The van der Waals surface area contributed by atoms with Crippen LogP contribution < -0.4 is 5.32 Å². The number of unbranched alkanes of at least 4 members (excludes halogenated alkanes) is 1. The van der Waals surface area contributed by atoms with Gasteiger partial charge in [-0.15, -0.1) is 0 Å². The molecule has 0 spiro atoms. The lowest BCUT2D eigenvalue weighted by Crippen LogP contribution is -2.46. The Kier molecular flexibility index (Phi) is 4.54. The summed E-state index contributed by atoms with van der Waals surface area (Å²) in [7, 11) is 0. The van der Waals surface area contributed by atoms with E-state index in [4.69, 9.17) is 5.11 Å². The van der Waals surface area contributed by atoms with E-state index >= 15 is 0 Å². The maximum Gasteiger partial charge on any atom is 0.326 e. The standard InChI is InChI=1S/C10H18N2O4/c1-2-3-4-11-10(16)12-6-7(13)5-8(12)9(14)15/h7-8,13H,2-6H2,1H3,(H,11,16)(H,14,15)/t7-,8+/m0/s1. The number of nitrogens with zero attached hydrogens (tertiary/aromatic N) is 1. The average molecular weight is 230 g/mol. The highest BCUT2D eigenvalue weighted by atomic mass is 16.4. The van der Waals surface area contributed by atoms with Gasteiger partial charge in [-0.1, -0.05) is 13.3 Å². The number of carboxylic acid groups (broad SMARTS) is 1. The second-order valence-electron chi connectivity index (χ2n) is 3.98. The van der Waals surface area contributed by atoms with Crippen LogP contribution in [0.5, 0.6) is 0 Å². The molecular weight excluding hydrogens is 212 g/mol. The molecule has 0 radical (unpaired) electrons. The van der Waals surface area contributed by atoms with E-state index < -0.39 is 24.1 Å². The Labute approximate surface area is 94.2 Å². The van der Waals surface area contributed by atoms with Crippen LogP contribution in [0.25, 0.3) is 0 Å². The van der Waals surface area contributed by atoms with Crippen LogP contribution in [0.3, 0.4) is 0 Å². The van der Waals surface area contributed by atoms with E-state index in [-0.39, 0.29) is 13.0 Å². The average Bonchev–Trinajstić information content (AvgIpc) is 2.61. The zero-order valence-corrected chi connectivity index (χ0v) is 9.35. The van der Waals surface area contributed by atoms with Crippen LogP contribution >= 0.6 is 0 Å². The molecule has 0 aromatic carbocycles. The van der Waals surface area contributed by atoms with Crippen molar-refractivity contribution in [1.29, 1.82) is 0 Å². The van der Waals surface area contributed by atoms with Gasteiger partial charge in [-0.05, 0) is 6.42 Å². The lowest BCUT2D eigenvalue weighted by molar-refractivity contribution is -0.141. The van der Waals surface area contributed by atoms with Crippen molar-refractivity contribution in [1.82, 2.24) is 10.2 Å². The monoisotopic (exact) mass is 230 g/mol. The summed E-state index contributed by atoms with van der Waals surface area (Å²) in [6, 6.07) is -1.31. The minimum absolute atomic E-state index is 0.0922. The van der Waals surface area contributed by atoms with Crippen molar-refractivity contribution in [2.75, 3.05) is 13.1 Å². The summed E-state index contributed by atoms with van der Waals surface area (Å²) in [5.74, 6) is -1.07. The van der Waals surface area contributed by atoms with Crippen molar-refractivity contribution in [2.45, 2.75) is 38.3 Å². The van der Waals surface area contributed by atoms with Gasteiger partial charge in [0.2, 0.25) is 0 Å². The van der Waals surface area contributed by atoms with E-state index in [0.717, 1.165) is 12.8 Å². The number of likely N-dealkylation sites (tertiary alicyclic amines) is 1. The van der Waals surface area contributed by atoms with Gasteiger partial charge in [0.1, 0.15) is 6.04 Å². The van der Waals surface area contributed by atoms with E-state index in [1.54, 1.807) is 0 Å². The fourth-order valence-electron chi connectivity index (χ4n) is 1.75. The normalized spacial score (nSPS) is 24.5. The van der Waals surface area contributed by atoms with Gasteiger partial charge in [0, 0.05) is 19.5 Å². The Bertz CT molecular complexity index is 270. The number of aliphatic hydroxyl groups is 1. The van der Waals surface area contributed by atoms with Crippen molar-refractivity contribution in [3.05, 3.63) is 0 Å². The smallest absolute Gasteiger partial charge is 0.326 e. The van der Waals surface area contributed by atoms with Crippen molar-refractivity contribution < 1.29 is 19.8 Å². The molecule has 92 valence electrons. The van der Waals surface area contributed by atoms with E-state index in [1.165, 1.54) is 4.90 Å². The zero-order valence-electron chi connectivity index (χ0n) is 9.35. The van der Waals surface area contributed by atoms with E-state index in [1.807, 2.05) is 6.92 Å². The summed E-state index contributed by atoms with van der Waals surface area (Å²) in [6.45, 7) is 2.63. The number of carbonyl (C=O) groups is 2. The summed E-state index contributed by atoms with van der Waals surface area (Å²) in [6.07, 6.45) is 1.19. The van der Waals surface area contributed by atoms with Crippen LogP contribution in [0.15, 0.2) is 0 Å². The van der Waals surface area contributed by atoms with E-state index in [2.05, 4.69) is 5.32 Å². The quantitative estimate of drug-likeness (QED) is 0.594. The Balaban J connectivity index is 2.50. The number of aliphatic hydroxyl groups excluding tert-OH is 1. The second kappa shape index (κ2) is 5.69. The highest BCUT2D eigenvalue weighted by molar-refractivity contribution is 5.83. The van der Waals surface area contributed by atoms with E-state index in [0.29, 0.717) is 6.54 Å². The first-order valence-corrected chi connectivity index (χ1v) is 5.51. The van der Waals surface area contributed by atoms with Gasteiger partial charge in [0.05, 0.1) is 6.10 Å². The molecule has 1 aliphatic heterocycles. The molecule has 3 N–H and O–H groups in total. The van der Waals surface area contributed by atoms with Crippen LogP contribution in [0.4, 0.5) is 4.79 Å². The third-order valence-corrected chi connectivity index (χ3v) is 2.63. The largest absolute Gasteiger partial charge is 0.480 e. The molecule has 1 saturated heterocycles. The number of aliphatic carboxylic acids is 1. The number of hydrogen-bond acceptors (Lipinski definition) is 3. The molecule has 0 aliphatic carbocycles. The van der Waals surface area contributed by atoms with Crippen LogP contribution in [0, 0.1) is 0 Å². The predicted molar refractivity (Wildman–Crippen MR) is 57.1 cm³/mol. The first-order chi connectivity index (χ1) is 7.56. The van der Waals surface area contributed by atoms with Crippen molar-refractivity contribution in [3.63, 3.8) is 0 Å². The van der Waals surface area contributed by atoms with Crippen LogP contribution in [-0.4, -0.2) is 52.3 Å². The number of carbonyl (C=O) groups excluding carboxylic acids is 1. The molecular formula is C10H18N2O4. The first-order valence-electron chi connectivity index (χ1n) is 5.51. The molecule has 0 unspecified atom stereocenters. The second-order valence-corrected chi connectivity index (χ2v) is 3.98. The number of amides is 2. The maximum atomic E-state index is 11.6. The zero-order chi connectivity index (χ0) is 12.1. The number of hydrogen-bond donors (Lipinski definition) is 3. The van der Waals surface area contributed by atoms with Crippen LogP contribution in [0.1, 0.15) is 26.2 Å². The minimum atomic E-state index is -1.07. The SMILES string of the molecule is CCCCNC(=O)N1C[C@@H](O)C[C@@H]1C(=O)O. The molecule has 0 saturated carbocycles. The maximum absolute atomic E-state index is 11.6. The van der Waals surface area contributed by atoms with Crippen molar-refractivity contribution in [3.8, 4) is 0 Å². The van der Waals surface area contributed by atoms with Gasteiger partial charge in [0.25, 0.3) is 0 Å². The molecule has 16 heavy (non-hydrogen) atoms. The first kappa shape index (κ1) is 12.8. The molecule has 2 atom stereocenters. The fraction of sp³-hybridized carbons (Fsp3) is 0.800. The molecule has 1 rings (SSSR count). The molecule has 0 aromatic heterocycles. The Morgan fingerprint density at radius 3 is 2.75 bits per heavy atom. The Morgan fingerprint density at radius 2 is 2.19 bits per heavy atom. The minimum Gasteiger partial charge on any atom is -0.480 e. The number of carboxylic acids is 1. The van der Waals surface area contributed by atoms with Gasteiger partial charge in [-0.3, -0.25) is 0 Å². The molecule has 6 nitrogen and oxygen atoms in total. The van der Waals surface area contributed by atoms with Gasteiger partial charge in [-0.2, -0.15) is 0 Å². The van der Waals surface area contributed by atoms with E-state index in [9.17, 15) is 14.7 Å². The Hall–Kier alpha value is -1.30. The summed E-state index contributed by atoms with van der Waals surface area (Å²) >= 11 is 0. The summed E-state index contributed by atoms with van der Waals surface area (Å²) < 4.78 is 0. The molecule has 2 amide bonds. The van der Waals surface area contributed by atoms with Gasteiger partial charge >= 0.3 is 12.0 Å². The molecule has 0 aromatic rings. The number of rotatable bonds is 4. The summed E-state index contributed by atoms with van der Waals surface area (Å²) in [4.78, 5) is 23.7. The number of β-amino-alcohol motifs (C(OH)–C–C–N with tert-alkyl or cyclic N) is 1.